The van der Waals surface area contributed by atoms with Crippen LogP contribution < -0.4 is 16.4 Å². The third-order valence-corrected chi connectivity index (χ3v) is 4.57. The van der Waals surface area contributed by atoms with E-state index in [-0.39, 0.29) is 10.7 Å². The van der Waals surface area contributed by atoms with Crippen molar-refractivity contribution < 1.29 is 9.59 Å². The van der Waals surface area contributed by atoms with Gasteiger partial charge in [0.05, 0.1) is 5.69 Å². The lowest BCUT2D eigenvalue weighted by atomic mass is 10.1. The summed E-state index contributed by atoms with van der Waals surface area (Å²) in [6.45, 7) is 1.81. The zero-order valence-electron chi connectivity index (χ0n) is 13.6. The fourth-order valence-corrected chi connectivity index (χ4v) is 3.16. The highest BCUT2D eigenvalue weighted by atomic mass is 32.1. The van der Waals surface area contributed by atoms with Crippen molar-refractivity contribution in [3.8, 4) is 11.3 Å². The first-order chi connectivity index (χ1) is 12.0. The molecule has 0 bridgehead atoms. The van der Waals surface area contributed by atoms with Crippen LogP contribution in [0.2, 0.25) is 0 Å². The summed E-state index contributed by atoms with van der Waals surface area (Å²) in [5.74, 6) is -1.12. The minimum Gasteiger partial charge on any atom is -0.365 e. The number of anilines is 2. The summed E-state index contributed by atoms with van der Waals surface area (Å²) in [6, 6.07) is 9.54. The van der Waals surface area contributed by atoms with Gasteiger partial charge in [-0.2, -0.15) is 5.10 Å². The summed E-state index contributed by atoms with van der Waals surface area (Å²) < 4.78 is 0. The van der Waals surface area contributed by atoms with Crippen LogP contribution in [0.4, 0.5) is 10.1 Å². The van der Waals surface area contributed by atoms with Gasteiger partial charge in [0, 0.05) is 18.2 Å². The van der Waals surface area contributed by atoms with Gasteiger partial charge in [-0.05, 0) is 6.92 Å². The van der Waals surface area contributed by atoms with E-state index in [0.29, 0.717) is 22.1 Å². The topological polar surface area (TPSA) is 126 Å². The Morgan fingerprint density at radius 2 is 1.96 bits per heavy atom. The molecule has 1 aromatic carbocycles. The van der Waals surface area contributed by atoms with E-state index in [1.807, 2.05) is 30.3 Å². The molecule has 0 atom stereocenters. The Labute approximate surface area is 147 Å². The molecule has 128 valence electrons. The predicted octanol–water partition coefficient (Wildman–Crippen LogP) is 2.23. The van der Waals surface area contributed by atoms with Gasteiger partial charge in [-0.25, -0.2) is 4.98 Å². The van der Waals surface area contributed by atoms with E-state index in [9.17, 15) is 9.59 Å². The number of hydrogen-bond donors (Lipinski definition) is 4. The number of carbonyl (C=O) groups excluding carboxylic acids is 2. The Bertz CT molecular complexity index is 932. The van der Waals surface area contributed by atoms with Crippen LogP contribution in [0, 0.1) is 6.92 Å². The monoisotopic (exact) mass is 356 g/mol. The van der Waals surface area contributed by atoms with Gasteiger partial charge in [0.1, 0.15) is 10.7 Å². The van der Waals surface area contributed by atoms with Crippen LogP contribution >= 0.6 is 11.3 Å². The standard InChI is InChI=1S/C16H16N6O2S/c1-8-10(9-6-4-3-5-7-9)21-22-11(8)14(24)20-15-12(13(17)23)19-16(18-2)25-15/h3-7H,1-2H3,(H2,17,23)(H,18,19)(H,20,24)(H,21,22). The second-order valence-electron chi connectivity index (χ2n) is 5.20. The van der Waals surface area contributed by atoms with Crippen LogP contribution in [0.25, 0.3) is 11.3 Å². The number of aromatic amines is 1. The number of amides is 2. The quantitative estimate of drug-likeness (QED) is 0.558. The third-order valence-electron chi connectivity index (χ3n) is 3.59. The smallest absolute Gasteiger partial charge is 0.274 e. The number of rotatable bonds is 5. The maximum absolute atomic E-state index is 12.6. The molecule has 0 aliphatic rings. The van der Waals surface area contributed by atoms with Crippen molar-refractivity contribution in [3.05, 3.63) is 47.3 Å². The van der Waals surface area contributed by atoms with Crippen molar-refractivity contribution >= 4 is 33.3 Å². The van der Waals surface area contributed by atoms with Crippen molar-refractivity contribution in [2.75, 3.05) is 17.7 Å². The largest absolute Gasteiger partial charge is 0.365 e. The first kappa shape index (κ1) is 16.7. The number of primary amides is 1. The average Bonchev–Trinajstić information content (AvgIpc) is 3.19. The van der Waals surface area contributed by atoms with Crippen molar-refractivity contribution in [1.29, 1.82) is 0 Å². The fourth-order valence-electron chi connectivity index (χ4n) is 2.34. The third kappa shape index (κ3) is 3.22. The number of aromatic nitrogens is 3. The highest BCUT2D eigenvalue weighted by Gasteiger charge is 2.21. The lowest BCUT2D eigenvalue weighted by molar-refractivity contribution is 0.0997. The van der Waals surface area contributed by atoms with E-state index in [0.717, 1.165) is 16.9 Å². The van der Waals surface area contributed by atoms with Crippen molar-refractivity contribution in [2.45, 2.75) is 6.92 Å². The van der Waals surface area contributed by atoms with Crippen molar-refractivity contribution in [2.24, 2.45) is 5.73 Å². The molecule has 2 aromatic heterocycles. The van der Waals surface area contributed by atoms with Crippen LogP contribution in [0.5, 0.6) is 0 Å². The molecule has 25 heavy (non-hydrogen) atoms. The minimum absolute atomic E-state index is 0.0168. The van der Waals surface area contributed by atoms with Crippen LogP contribution in [0.1, 0.15) is 26.5 Å². The van der Waals surface area contributed by atoms with Crippen molar-refractivity contribution in [3.63, 3.8) is 0 Å². The van der Waals surface area contributed by atoms with Gasteiger partial charge in [-0.15, -0.1) is 0 Å². The van der Waals surface area contributed by atoms with Gasteiger partial charge < -0.3 is 16.4 Å². The molecule has 0 radical (unpaired) electrons. The second kappa shape index (κ2) is 6.73. The van der Waals surface area contributed by atoms with Gasteiger partial charge in [0.15, 0.2) is 10.8 Å². The Morgan fingerprint density at radius 3 is 2.60 bits per heavy atom. The van der Waals surface area contributed by atoms with Crippen LogP contribution in [-0.2, 0) is 0 Å². The highest BCUT2D eigenvalue weighted by Crippen LogP contribution is 2.29. The lowest BCUT2D eigenvalue weighted by Crippen LogP contribution is -2.18. The SMILES string of the molecule is CNc1nc(C(N)=O)c(NC(=O)c2[nH]nc(-c3ccccc3)c2C)s1. The van der Waals surface area contributed by atoms with Gasteiger partial charge in [-0.1, -0.05) is 41.7 Å². The lowest BCUT2D eigenvalue weighted by Gasteiger charge is -2.03. The summed E-state index contributed by atoms with van der Waals surface area (Å²) in [4.78, 5) is 28.1. The molecular formula is C16H16N6O2S. The van der Waals surface area contributed by atoms with Gasteiger partial charge in [0.2, 0.25) is 0 Å². The Balaban J connectivity index is 1.89. The molecule has 0 fully saturated rings. The van der Waals surface area contributed by atoms with Crippen molar-refractivity contribution in [1.82, 2.24) is 15.2 Å². The maximum atomic E-state index is 12.6. The number of nitrogens with zero attached hydrogens (tertiary/aromatic N) is 2. The summed E-state index contributed by atoms with van der Waals surface area (Å²) >= 11 is 1.13. The molecule has 2 heterocycles. The van der Waals surface area contributed by atoms with Crippen LogP contribution in [0.15, 0.2) is 30.3 Å². The number of nitrogens with one attached hydrogen (secondary N) is 3. The normalized spacial score (nSPS) is 10.5. The van der Waals surface area contributed by atoms with Gasteiger partial charge in [0.25, 0.3) is 11.8 Å². The van der Waals surface area contributed by atoms with E-state index >= 15 is 0 Å². The highest BCUT2D eigenvalue weighted by molar-refractivity contribution is 7.20. The number of benzene rings is 1. The van der Waals surface area contributed by atoms with Gasteiger partial charge >= 0.3 is 0 Å². The molecular weight excluding hydrogens is 340 g/mol. The van der Waals surface area contributed by atoms with E-state index < -0.39 is 11.8 Å². The number of carbonyl (C=O) groups is 2. The number of H-pyrrole nitrogens is 1. The summed E-state index contributed by atoms with van der Waals surface area (Å²) in [5.41, 5.74) is 7.96. The second-order valence-corrected chi connectivity index (χ2v) is 6.20. The summed E-state index contributed by atoms with van der Waals surface area (Å²) in [6.07, 6.45) is 0. The number of nitrogens with two attached hydrogens (primary N) is 1. The van der Waals surface area contributed by atoms with E-state index in [1.54, 1.807) is 14.0 Å². The van der Waals surface area contributed by atoms with Gasteiger partial charge in [-0.3, -0.25) is 14.7 Å². The maximum Gasteiger partial charge on any atom is 0.274 e. The van der Waals surface area contributed by atoms with E-state index in [4.69, 9.17) is 5.73 Å². The first-order valence-electron chi connectivity index (χ1n) is 7.41. The molecule has 0 spiro atoms. The zero-order valence-corrected chi connectivity index (χ0v) is 14.4. The minimum atomic E-state index is -0.709. The van der Waals surface area contributed by atoms with Crippen LogP contribution in [-0.4, -0.2) is 34.0 Å². The fraction of sp³-hybridized carbons (Fsp3) is 0.125. The van der Waals surface area contributed by atoms with E-state index in [1.165, 1.54) is 0 Å². The Kier molecular flexibility index (Phi) is 4.48. The Morgan fingerprint density at radius 1 is 1.24 bits per heavy atom. The molecule has 3 aromatic rings. The molecule has 9 heteroatoms. The molecule has 0 saturated carbocycles. The summed E-state index contributed by atoms with van der Waals surface area (Å²) in [5, 5.41) is 13.2. The molecule has 3 rings (SSSR count). The number of hydrogen-bond acceptors (Lipinski definition) is 6. The average molecular weight is 356 g/mol. The molecule has 0 saturated heterocycles. The zero-order chi connectivity index (χ0) is 18.0. The summed E-state index contributed by atoms with van der Waals surface area (Å²) in [7, 11) is 1.67. The molecule has 0 unspecified atom stereocenters. The van der Waals surface area contributed by atoms with E-state index in [2.05, 4.69) is 25.8 Å². The Hall–Kier alpha value is -3.20. The molecule has 2 amide bonds. The molecule has 0 aliphatic heterocycles. The van der Waals surface area contributed by atoms with Crippen LogP contribution in [0.3, 0.4) is 0 Å². The molecule has 0 aliphatic carbocycles. The number of thiazole rings is 1. The first-order valence-corrected chi connectivity index (χ1v) is 8.23. The molecule has 5 N–H and O–H groups in total. The molecule has 8 nitrogen and oxygen atoms in total. The predicted molar refractivity (Wildman–Crippen MR) is 96.9 cm³/mol.